The molecule has 0 fully saturated rings. The number of nitrogens with one attached hydrogen (secondary N) is 1. The number of fused-ring (bicyclic) bond motifs is 1. The predicted octanol–water partition coefficient (Wildman–Crippen LogP) is 6.81. The second-order valence-electron chi connectivity index (χ2n) is 10.5. The van der Waals surface area contributed by atoms with E-state index in [0.29, 0.717) is 6.61 Å². The number of hydrogen-bond donors (Lipinski definition) is 1. The molecule has 0 aliphatic heterocycles. The molecule has 37 heavy (non-hydrogen) atoms. The standard InChI is InChI=1S/C31H43N3O3/c1-6-14-24-18-19-27(28(23-24)36-5)37-22-13-12-21-34-26-16-10-9-15-25(26)33-29(34)17-8-7-11-20-32-30(35)31(2,3)4/h6,9-10,14-16,18-19,23H,7-8,11-13,17,20-22H2,1-5H3,(H,32,35)/b14-6+. The summed E-state index contributed by atoms with van der Waals surface area (Å²) in [4.78, 5) is 16.9. The lowest BCUT2D eigenvalue weighted by Crippen LogP contribution is -2.35. The lowest BCUT2D eigenvalue weighted by Gasteiger charge is -2.17. The van der Waals surface area contributed by atoms with Gasteiger partial charge in [-0.1, -0.05) is 57.5 Å². The van der Waals surface area contributed by atoms with Crippen molar-refractivity contribution in [1.29, 1.82) is 0 Å². The highest BCUT2D eigenvalue weighted by atomic mass is 16.5. The van der Waals surface area contributed by atoms with Gasteiger partial charge < -0.3 is 19.4 Å². The van der Waals surface area contributed by atoms with Gasteiger partial charge in [0.05, 0.1) is 24.8 Å². The number of imidazole rings is 1. The van der Waals surface area contributed by atoms with Crippen molar-refractivity contribution < 1.29 is 14.3 Å². The number of rotatable bonds is 14. The molecule has 0 unspecified atom stereocenters. The van der Waals surface area contributed by atoms with Crippen molar-refractivity contribution in [3.63, 3.8) is 0 Å². The minimum absolute atomic E-state index is 0.113. The normalized spacial score (nSPS) is 11.8. The van der Waals surface area contributed by atoms with E-state index in [1.165, 1.54) is 5.52 Å². The molecule has 0 bridgehead atoms. The summed E-state index contributed by atoms with van der Waals surface area (Å²) in [6.07, 6.45) is 10.1. The number of para-hydroxylation sites is 2. The van der Waals surface area contributed by atoms with E-state index in [1.807, 2.05) is 64.1 Å². The number of unbranched alkanes of at least 4 members (excludes halogenated alkanes) is 3. The van der Waals surface area contributed by atoms with Gasteiger partial charge in [0.1, 0.15) is 5.82 Å². The third kappa shape index (κ3) is 8.38. The predicted molar refractivity (Wildman–Crippen MR) is 152 cm³/mol. The number of hydrogen-bond acceptors (Lipinski definition) is 4. The van der Waals surface area contributed by atoms with E-state index in [2.05, 4.69) is 28.1 Å². The van der Waals surface area contributed by atoms with Crippen molar-refractivity contribution in [2.24, 2.45) is 5.41 Å². The highest BCUT2D eigenvalue weighted by molar-refractivity contribution is 5.81. The van der Waals surface area contributed by atoms with Crippen LogP contribution in [0.25, 0.3) is 17.1 Å². The van der Waals surface area contributed by atoms with Crippen molar-refractivity contribution in [2.75, 3.05) is 20.3 Å². The molecule has 1 heterocycles. The van der Waals surface area contributed by atoms with Crippen molar-refractivity contribution in [1.82, 2.24) is 14.9 Å². The molecule has 0 spiro atoms. The topological polar surface area (TPSA) is 65.4 Å². The van der Waals surface area contributed by atoms with Crippen LogP contribution in [0.3, 0.4) is 0 Å². The summed E-state index contributed by atoms with van der Waals surface area (Å²) in [5.41, 5.74) is 3.01. The number of aryl methyl sites for hydroxylation is 2. The Hall–Kier alpha value is -3.28. The number of aromatic nitrogens is 2. The van der Waals surface area contributed by atoms with Gasteiger partial charge in [-0.3, -0.25) is 4.79 Å². The van der Waals surface area contributed by atoms with Crippen molar-refractivity contribution in [3.8, 4) is 11.5 Å². The number of methoxy groups -OCH3 is 1. The van der Waals surface area contributed by atoms with Gasteiger partial charge in [0, 0.05) is 24.9 Å². The van der Waals surface area contributed by atoms with Crippen LogP contribution in [0.5, 0.6) is 11.5 Å². The van der Waals surface area contributed by atoms with Crippen LogP contribution in [0.15, 0.2) is 48.5 Å². The molecule has 0 radical (unpaired) electrons. The number of amides is 1. The van der Waals surface area contributed by atoms with Gasteiger partial charge in [-0.2, -0.15) is 0 Å². The molecule has 0 atom stereocenters. The molecular weight excluding hydrogens is 462 g/mol. The first-order valence-electron chi connectivity index (χ1n) is 13.5. The molecule has 3 rings (SSSR count). The lowest BCUT2D eigenvalue weighted by molar-refractivity contribution is -0.128. The van der Waals surface area contributed by atoms with E-state index in [4.69, 9.17) is 14.5 Å². The van der Waals surface area contributed by atoms with Gasteiger partial charge in [0.25, 0.3) is 0 Å². The molecule has 200 valence electrons. The molecule has 1 amide bonds. The minimum atomic E-state index is -0.334. The molecule has 3 aromatic rings. The van der Waals surface area contributed by atoms with Crippen molar-refractivity contribution >= 4 is 23.0 Å². The first kappa shape index (κ1) is 28.3. The Morgan fingerprint density at radius 1 is 1.03 bits per heavy atom. The van der Waals surface area contributed by atoms with E-state index in [9.17, 15) is 4.79 Å². The summed E-state index contributed by atoms with van der Waals surface area (Å²) in [7, 11) is 1.68. The van der Waals surface area contributed by atoms with Gasteiger partial charge in [0.15, 0.2) is 11.5 Å². The fourth-order valence-electron chi connectivity index (χ4n) is 4.27. The molecule has 1 aromatic heterocycles. The molecule has 0 saturated heterocycles. The van der Waals surface area contributed by atoms with Crippen LogP contribution < -0.4 is 14.8 Å². The minimum Gasteiger partial charge on any atom is -0.493 e. The van der Waals surface area contributed by atoms with Gasteiger partial charge in [0.2, 0.25) is 5.91 Å². The van der Waals surface area contributed by atoms with Crippen LogP contribution in [0.2, 0.25) is 0 Å². The summed E-state index contributed by atoms with van der Waals surface area (Å²) in [5.74, 6) is 2.80. The van der Waals surface area contributed by atoms with Crippen LogP contribution in [0, 0.1) is 5.41 Å². The van der Waals surface area contributed by atoms with Crippen LogP contribution in [0.4, 0.5) is 0 Å². The van der Waals surface area contributed by atoms with Gasteiger partial charge in [-0.15, -0.1) is 0 Å². The fraction of sp³-hybridized carbons (Fsp3) is 0.484. The zero-order valence-electron chi connectivity index (χ0n) is 23.2. The SMILES string of the molecule is C/C=C/c1ccc(OCCCCn2c(CCCCCNC(=O)C(C)(C)C)nc3ccccc32)c(OC)c1. The number of benzene rings is 2. The first-order chi connectivity index (χ1) is 17.8. The quantitative estimate of drug-likeness (QED) is 0.244. The summed E-state index contributed by atoms with van der Waals surface area (Å²) < 4.78 is 13.9. The van der Waals surface area contributed by atoms with Crippen molar-refractivity contribution in [3.05, 3.63) is 59.9 Å². The van der Waals surface area contributed by atoms with Crippen LogP contribution in [-0.2, 0) is 17.8 Å². The molecule has 6 nitrogen and oxygen atoms in total. The Balaban J connectivity index is 1.48. The van der Waals surface area contributed by atoms with E-state index in [1.54, 1.807) is 7.11 Å². The molecule has 0 aliphatic rings. The monoisotopic (exact) mass is 505 g/mol. The number of ether oxygens (including phenoxy) is 2. The molecule has 6 heteroatoms. The largest absolute Gasteiger partial charge is 0.493 e. The van der Waals surface area contributed by atoms with Gasteiger partial charge >= 0.3 is 0 Å². The van der Waals surface area contributed by atoms with E-state index in [0.717, 1.165) is 80.0 Å². The number of carbonyl (C=O) groups is 1. The van der Waals surface area contributed by atoms with E-state index >= 15 is 0 Å². The zero-order chi connectivity index (χ0) is 26.7. The Bertz CT molecular complexity index is 1170. The average Bonchev–Trinajstić information content (AvgIpc) is 3.23. The summed E-state index contributed by atoms with van der Waals surface area (Å²) in [6.45, 7) is 10.1. The van der Waals surface area contributed by atoms with Crippen LogP contribution in [-0.4, -0.2) is 35.7 Å². The van der Waals surface area contributed by atoms with Crippen molar-refractivity contribution in [2.45, 2.75) is 72.8 Å². The molecule has 2 aromatic carbocycles. The average molecular weight is 506 g/mol. The molecule has 0 aliphatic carbocycles. The maximum atomic E-state index is 12.0. The smallest absolute Gasteiger partial charge is 0.225 e. The van der Waals surface area contributed by atoms with Gasteiger partial charge in [-0.25, -0.2) is 4.98 Å². The summed E-state index contributed by atoms with van der Waals surface area (Å²) in [6, 6.07) is 14.4. The zero-order valence-corrected chi connectivity index (χ0v) is 23.2. The maximum absolute atomic E-state index is 12.0. The maximum Gasteiger partial charge on any atom is 0.225 e. The van der Waals surface area contributed by atoms with Gasteiger partial charge in [-0.05, 0) is 62.4 Å². The second-order valence-corrected chi connectivity index (χ2v) is 10.5. The number of carbonyl (C=O) groups excluding carboxylic acids is 1. The van der Waals surface area contributed by atoms with E-state index in [-0.39, 0.29) is 11.3 Å². The third-order valence-corrected chi connectivity index (χ3v) is 6.36. The highest BCUT2D eigenvalue weighted by Crippen LogP contribution is 2.29. The second kappa shape index (κ2) is 13.9. The number of allylic oxidation sites excluding steroid dienone is 1. The Morgan fingerprint density at radius 2 is 1.84 bits per heavy atom. The Labute approximate surface area is 222 Å². The molecule has 1 N–H and O–H groups in total. The first-order valence-corrected chi connectivity index (χ1v) is 13.5. The third-order valence-electron chi connectivity index (χ3n) is 6.36. The Kier molecular flexibility index (Phi) is 10.6. The van der Waals surface area contributed by atoms with E-state index < -0.39 is 0 Å². The van der Waals surface area contributed by atoms with Crippen LogP contribution in [0.1, 0.15) is 71.2 Å². The Morgan fingerprint density at radius 3 is 2.59 bits per heavy atom. The number of nitrogens with zero attached hydrogens (tertiary/aromatic N) is 2. The molecule has 0 saturated carbocycles. The lowest BCUT2D eigenvalue weighted by atomic mass is 9.96. The highest BCUT2D eigenvalue weighted by Gasteiger charge is 2.20. The summed E-state index contributed by atoms with van der Waals surface area (Å²) >= 11 is 0. The van der Waals surface area contributed by atoms with Crippen LogP contribution >= 0.6 is 0 Å². The molecular formula is C31H43N3O3. The summed E-state index contributed by atoms with van der Waals surface area (Å²) in [5, 5.41) is 3.04. The fourth-order valence-corrected chi connectivity index (χ4v) is 4.27.